The maximum atomic E-state index is 13.3. The first-order chi connectivity index (χ1) is 12.3. The highest BCUT2D eigenvalue weighted by molar-refractivity contribution is 7.22. The second-order valence-electron chi connectivity index (χ2n) is 6.58. The fourth-order valence-corrected chi connectivity index (χ4v) is 3.52. The van der Waals surface area contributed by atoms with Gasteiger partial charge in [-0.3, -0.25) is 10.1 Å². The molecule has 0 radical (unpaired) electrons. The molecular formula is C20H21FN2O2S. The van der Waals surface area contributed by atoms with Crippen LogP contribution in [0.3, 0.4) is 0 Å². The molecule has 0 spiro atoms. The summed E-state index contributed by atoms with van der Waals surface area (Å²) in [5.74, 6) is 0.395. The Hall–Kier alpha value is -2.47. The number of aromatic nitrogens is 1. The van der Waals surface area contributed by atoms with E-state index in [-0.39, 0.29) is 11.7 Å². The maximum Gasteiger partial charge on any atom is 0.266 e. The molecule has 0 bridgehead atoms. The Morgan fingerprint density at radius 3 is 2.69 bits per heavy atom. The number of hydrogen-bond donors (Lipinski definition) is 1. The lowest BCUT2D eigenvalue weighted by Crippen LogP contribution is -2.30. The normalized spacial score (nSPS) is 12.4. The van der Waals surface area contributed by atoms with Crippen molar-refractivity contribution in [1.29, 1.82) is 0 Å². The van der Waals surface area contributed by atoms with Gasteiger partial charge in [0, 0.05) is 0 Å². The second-order valence-corrected chi connectivity index (χ2v) is 7.61. The molecule has 1 N–H and O–H groups in total. The van der Waals surface area contributed by atoms with Gasteiger partial charge in [0.05, 0.1) is 10.2 Å². The van der Waals surface area contributed by atoms with Gasteiger partial charge in [0.25, 0.3) is 5.91 Å². The Morgan fingerprint density at radius 2 is 1.96 bits per heavy atom. The number of anilines is 1. The molecule has 0 aliphatic heterocycles. The summed E-state index contributed by atoms with van der Waals surface area (Å²) in [6.45, 7) is 7.86. The molecule has 1 atom stereocenters. The third-order valence-electron chi connectivity index (χ3n) is 4.04. The molecule has 0 saturated carbocycles. The van der Waals surface area contributed by atoms with E-state index < -0.39 is 6.10 Å². The lowest BCUT2D eigenvalue weighted by molar-refractivity contribution is -0.122. The minimum Gasteiger partial charge on any atom is -0.481 e. The van der Waals surface area contributed by atoms with Crippen LogP contribution >= 0.6 is 11.3 Å². The first kappa shape index (κ1) is 18.3. The van der Waals surface area contributed by atoms with Crippen LogP contribution in [0.1, 0.15) is 37.8 Å². The van der Waals surface area contributed by atoms with Gasteiger partial charge in [0.15, 0.2) is 11.2 Å². The highest BCUT2D eigenvalue weighted by atomic mass is 32.1. The molecule has 3 rings (SSSR count). The number of nitrogens with zero attached hydrogens (tertiary/aromatic N) is 1. The van der Waals surface area contributed by atoms with Crippen molar-refractivity contribution in [2.75, 3.05) is 5.32 Å². The Bertz CT molecular complexity index is 952. The maximum absolute atomic E-state index is 13.3. The van der Waals surface area contributed by atoms with Crippen LogP contribution in [0.25, 0.3) is 10.2 Å². The number of aryl methyl sites for hydroxylation is 1. The average molecular weight is 372 g/mol. The van der Waals surface area contributed by atoms with Crippen LogP contribution in [0, 0.1) is 12.7 Å². The zero-order chi connectivity index (χ0) is 18.8. The van der Waals surface area contributed by atoms with E-state index >= 15 is 0 Å². The predicted octanol–water partition coefficient (Wildman–Crippen LogP) is 5.27. The molecule has 0 saturated heterocycles. The molecule has 1 aromatic heterocycles. The summed E-state index contributed by atoms with van der Waals surface area (Å²) in [7, 11) is 0. The average Bonchev–Trinajstić information content (AvgIpc) is 2.95. The van der Waals surface area contributed by atoms with Crippen molar-refractivity contribution in [2.45, 2.75) is 39.7 Å². The fraction of sp³-hybridized carbons (Fsp3) is 0.300. The number of benzene rings is 2. The third kappa shape index (κ3) is 4.02. The van der Waals surface area contributed by atoms with Gasteiger partial charge in [-0.1, -0.05) is 37.3 Å². The number of nitrogens with one attached hydrogen (secondary N) is 1. The van der Waals surface area contributed by atoms with Gasteiger partial charge in [-0.2, -0.15) is 0 Å². The molecule has 136 valence electrons. The van der Waals surface area contributed by atoms with Crippen LogP contribution in [0.5, 0.6) is 5.75 Å². The summed E-state index contributed by atoms with van der Waals surface area (Å²) in [4.78, 5) is 16.8. The molecular weight excluding hydrogens is 351 g/mol. The smallest absolute Gasteiger partial charge is 0.266 e. The van der Waals surface area contributed by atoms with Gasteiger partial charge in [0.2, 0.25) is 0 Å². The van der Waals surface area contributed by atoms with Gasteiger partial charge >= 0.3 is 0 Å². The minimum atomic E-state index is -0.682. The van der Waals surface area contributed by atoms with Gasteiger partial charge in [-0.15, -0.1) is 0 Å². The minimum absolute atomic E-state index is 0.291. The summed E-state index contributed by atoms with van der Waals surface area (Å²) in [5, 5.41) is 3.19. The molecule has 0 fully saturated rings. The number of rotatable bonds is 5. The van der Waals surface area contributed by atoms with Crippen LogP contribution in [0.4, 0.5) is 9.52 Å². The Morgan fingerprint density at radius 1 is 1.19 bits per heavy atom. The first-order valence-electron chi connectivity index (χ1n) is 8.47. The van der Waals surface area contributed by atoms with E-state index in [2.05, 4.69) is 24.1 Å². The van der Waals surface area contributed by atoms with E-state index in [0.717, 1.165) is 11.1 Å². The number of thiazole rings is 1. The van der Waals surface area contributed by atoms with Gasteiger partial charge in [-0.05, 0) is 55.2 Å². The summed E-state index contributed by atoms with van der Waals surface area (Å²) >= 11 is 1.24. The molecule has 6 heteroatoms. The van der Waals surface area contributed by atoms with Crippen molar-refractivity contribution in [2.24, 2.45) is 0 Å². The Kier molecular flexibility index (Phi) is 5.23. The Labute approximate surface area is 156 Å². The number of amides is 1. The molecule has 1 amide bonds. The van der Waals surface area contributed by atoms with Crippen molar-refractivity contribution in [3.8, 4) is 5.75 Å². The molecule has 4 nitrogen and oxygen atoms in total. The number of carbonyl (C=O) groups excluding carboxylic acids is 1. The topological polar surface area (TPSA) is 51.2 Å². The fourth-order valence-electron chi connectivity index (χ4n) is 2.62. The van der Waals surface area contributed by atoms with Crippen LogP contribution in [0.15, 0.2) is 36.4 Å². The van der Waals surface area contributed by atoms with Crippen molar-refractivity contribution >= 4 is 32.6 Å². The number of ether oxygens (including phenoxy) is 1. The second kappa shape index (κ2) is 7.41. The Balaban J connectivity index is 1.74. The monoisotopic (exact) mass is 372 g/mol. The SMILES string of the molecule is Cc1ccc(C(C)C)c(OC(C)C(=O)Nc2nc3ccc(F)cc3s2)c1. The molecule has 26 heavy (non-hydrogen) atoms. The van der Waals surface area contributed by atoms with Crippen molar-refractivity contribution in [1.82, 2.24) is 4.98 Å². The van der Waals surface area contributed by atoms with Crippen LogP contribution in [-0.2, 0) is 4.79 Å². The summed E-state index contributed by atoms with van der Waals surface area (Å²) in [6.07, 6.45) is -0.682. The summed E-state index contributed by atoms with van der Waals surface area (Å²) < 4.78 is 19.9. The quantitative estimate of drug-likeness (QED) is 0.663. The third-order valence-corrected chi connectivity index (χ3v) is 4.98. The lowest BCUT2D eigenvalue weighted by atomic mass is 10.0. The molecule has 1 unspecified atom stereocenters. The van der Waals surface area contributed by atoms with E-state index in [9.17, 15) is 9.18 Å². The van der Waals surface area contributed by atoms with E-state index in [1.807, 2.05) is 25.1 Å². The van der Waals surface area contributed by atoms with E-state index in [0.29, 0.717) is 27.0 Å². The van der Waals surface area contributed by atoms with Crippen LogP contribution in [-0.4, -0.2) is 17.0 Å². The van der Waals surface area contributed by atoms with Gasteiger partial charge in [-0.25, -0.2) is 9.37 Å². The van der Waals surface area contributed by atoms with Crippen molar-refractivity contribution in [3.63, 3.8) is 0 Å². The lowest BCUT2D eigenvalue weighted by Gasteiger charge is -2.19. The van der Waals surface area contributed by atoms with Crippen molar-refractivity contribution < 1.29 is 13.9 Å². The number of hydrogen-bond acceptors (Lipinski definition) is 4. The van der Waals surface area contributed by atoms with Crippen molar-refractivity contribution in [3.05, 3.63) is 53.3 Å². The molecule has 3 aromatic rings. The number of halogens is 1. The van der Waals surface area contributed by atoms with Gasteiger partial charge < -0.3 is 4.74 Å². The molecule has 1 heterocycles. The zero-order valence-electron chi connectivity index (χ0n) is 15.2. The van der Waals surface area contributed by atoms with Crippen LogP contribution < -0.4 is 10.1 Å². The van der Waals surface area contributed by atoms with E-state index in [4.69, 9.17) is 4.74 Å². The number of fused-ring (bicyclic) bond motifs is 1. The van der Waals surface area contributed by atoms with Crippen LogP contribution in [0.2, 0.25) is 0 Å². The first-order valence-corrected chi connectivity index (χ1v) is 9.29. The highest BCUT2D eigenvalue weighted by Gasteiger charge is 2.19. The standard InChI is InChI=1S/C20H21FN2O2S/c1-11(2)15-7-5-12(3)9-17(15)25-13(4)19(24)23-20-22-16-8-6-14(21)10-18(16)26-20/h5-11,13H,1-4H3,(H,22,23,24). The molecule has 2 aromatic carbocycles. The molecule has 0 aliphatic carbocycles. The largest absolute Gasteiger partial charge is 0.481 e. The molecule has 0 aliphatic rings. The zero-order valence-corrected chi connectivity index (χ0v) is 16.0. The van der Waals surface area contributed by atoms with E-state index in [1.165, 1.54) is 23.5 Å². The summed E-state index contributed by atoms with van der Waals surface area (Å²) in [5.41, 5.74) is 2.79. The summed E-state index contributed by atoms with van der Waals surface area (Å²) in [6, 6.07) is 10.4. The predicted molar refractivity (Wildman–Crippen MR) is 104 cm³/mol. The number of carbonyl (C=O) groups is 1. The van der Waals surface area contributed by atoms with E-state index in [1.54, 1.807) is 13.0 Å². The highest BCUT2D eigenvalue weighted by Crippen LogP contribution is 2.29. The van der Waals surface area contributed by atoms with Gasteiger partial charge in [0.1, 0.15) is 11.6 Å².